The third kappa shape index (κ3) is 4.42. The number of likely N-dealkylation sites (N-methyl/N-ethyl adjacent to an activating group) is 1. The zero-order chi connectivity index (χ0) is 20.5. The minimum absolute atomic E-state index is 0.0577. The molecule has 154 valence electrons. The first kappa shape index (κ1) is 20.9. The summed E-state index contributed by atoms with van der Waals surface area (Å²) in [5.74, 6) is -0.0918. The van der Waals surface area contributed by atoms with Gasteiger partial charge in [-0.2, -0.15) is 4.31 Å². The van der Waals surface area contributed by atoms with Gasteiger partial charge in [-0.3, -0.25) is 9.59 Å². The number of nitrogens with zero attached hydrogens (tertiary/aromatic N) is 1. The molecule has 1 fully saturated rings. The van der Waals surface area contributed by atoms with E-state index in [4.69, 9.17) is 16.3 Å². The fourth-order valence-electron chi connectivity index (χ4n) is 3.52. The van der Waals surface area contributed by atoms with Gasteiger partial charge in [-0.1, -0.05) is 31.4 Å². The Morgan fingerprint density at radius 1 is 1.36 bits per heavy atom. The maximum atomic E-state index is 12.9. The van der Waals surface area contributed by atoms with E-state index < -0.39 is 10.0 Å². The minimum atomic E-state index is -4.02. The number of carbonyl (C=O) groups is 2. The van der Waals surface area contributed by atoms with Crippen LogP contribution in [-0.4, -0.2) is 50.8 Å². The molecule has 0 saturated heterocycles. The van der Waals surface area contributed by atoms with Crippen molar-refractivity contribution in [2.45, 2.75) is 43.5 Å². The van der Waals surface area contributed by atoms with E-state index >= 15 is 0 Å². The number of anilines is 1. The van der Waals surface area contributed by atoms with Crippen LogP contribution in [0.1, 0.15) is 32.6 Å². The number of hydrogen-bond donors (Lipinski definition) is 2. The molecule has 0 bridgehead atoms. The predicted molar refractivity (Wildman–Crippen MR) is 105 cm³/mol. The smallest absolute Gasteiger partial charge is 0.262 e. The SMILES string of the molecule is C[C@H]1CCCC[C@@H]1NC(=O)CN(C)S(=O)(=O)c1cc2c(cc1Cl)NC(=O)CO2. The summed E-state index contributed by atoms with van der Waals surface area (Å²) >= 11 is 6.14. The molecule has 2 N–H and O–H groups in total. The van der Waals surface area contributed by atoms with Crippen molar-refractivity contribution < 1.29 is 22.7 Å². The molecule has 0 spiro atoms. The van der Waals surface area contributed by atoms with Gasteiger partial charge in [0.15, 0.2) is 6.61 Å². The van der Waals surface area contributed by atoms with Crippen LogP contribution >= 0.6 is 11.6 Å². The lowest BCUT2D eigenvalue weighted by molar-refractivity contribution is -0.122. The highest BCUT2D eigenvalue weighted by Gasteiger charge is 2.30. The van der Waals surface area contributed by atoms with Crippen LogP contribution in [0.5, 0.6) is 5.75 Å². The molecule has 8 nitrogen and oxygen atoms in total. The van der Waals surface area contributed by atoms with Gasteiger partial charge in [0.25, 0.3) is 5.91 Å². The standard InChI is InChI=1S/C18H24ClN3O5S/c1-11-5-3-4-6-13(11)20-17(23)9-22(2)28(25,26)16-8-15-14(7-12(16)19)21-18(24)10-27-15/h7-8,11,13H,3-6,9-10H2,1-2H3,(H,20,23)(H,21,24)/t11-,13-/m0/s1. The third-order valence-corrected chi connectivity index (χ3v) is 7.45. The van der Waals surface area contributed by atoms with Crippen LogP contribution in [0.3, 0.4) is 0 Å². The molecule has 1 saturated carbocycles. The Labute approximate surface area is 169 Å². The third-order valence-electron chi connectivity index (χ3n) is 5.18. The van der Waals surface area contributed by atoms with Crippen molar-refractivity contribution in [2.24, 2.45) is 5.92 Å². The number of carbonyl (C=O) groups excluding carboxylic acids is 2. The second-order valence-electron chi connectivity index (χ2n) is 7.31. The molecule has 3 rings (SSSR count). The van der Waals surface area contributed by atoms with Gasteiger partial charge in [0.2, 0.25) is 15.9 Å². The lowest BCUT2D eigenvalue weighted by Crippen LogP contribution is -2.46. The summed E-state index contributed by atoms with van der Waals surface area (Å²) in [6.45, 7) is 1.58. The lowest BCUT2D eigenvalue weighted by Gasteiger charge is -2.30. The van der Waals surface area contributed by atoms with Gasteiger partial charge in [-0.25, -0.2) is 8.42 Å². The number of nitrogens with one attached hydrogen (secondary N) is 2. The van der Waals surface area contributed by atoms with Gasteiger partial charge < -0.3 is 15.4 Å². The summed E-state index contributed by atoms with van der Waals surface area (Å²) < 4.78 is 32.1. The van der Waals surface area contributed by atoms with Crippen LogP contribution in [0, 0.1) is 5.92 Å². The van der Waals surface area contributed by atoms with Crippen molar-refractivity contribution in [3.8, 4) is 5.75 Å². The van der Waals surface area contributed by atoms with Crippen LogP contribution in [-0.2, 0) is 19.6 Å². The summed E-state index contributed by atoms with van der Waals surface area (Å²) in [7, 11) is -2.69. The fourth-order valence-corrected chi connectivity index (χ4v) is 5.16. The normalized spacial score (nSPS) is 22.2. The van der Waals surface area contributed by atoms with E-state index in [0.717, 1.165) is 30.0 Å². The summed E-state index contributed by atoms with van der Waals surface area (Å²) in [5.41, 5.74) is 0.312. The molecular weight excluding hydrogens is 406 g/mol. The quantitative estimate of drug-likeness (QED) is 0.744. The van der Waals surface area contributed by atoms with E-state index in [1.165, 1.54) is 19.2 Å². The first-order valence-electron chi connectivity index (χ1n) is 9.20. The Morgan fingerprint density at radius 2 is 2.07 bits per heavy atom. The fraction of sp³-hybridized carbons (Fsp3) is 0.556. The van der Waals surface area contributed by atoms with Crippen molar-refractivity contribution in [2.75, 3.05) is 25.5 Å². The highest BCUT2D eigenvalue weighted by Crippen LogP contribution is 2.36. The number of halogens is 1. The van der Waals surface area contributed by atoms with E-state index in [1.807, 2.05) is 0 Å². The van der Waals surface area contributed by atoms with Crippen molar-refractivity contribution in [1.29, 1.82) is 0 Å². The summed E-state index contributed by atoms with van der Waals surface area (Å²) in [6.07, 6.45) is 4.18. The molecule has 10 heteroatoms. The predicted octanol–water partition coefficient (Wildman–Crippen LogP) is 1.99. The number of hydrogen-bond acceptors (Lipinski definition) is 5. The van der Waals surface area contributed by atoms with Gasteiger partial charge in [-0.15, -0.1) is 0 Å². The Kier molecular flexibility index (Phi) is 6.16. The second kappa shape index (κ2) is 8.26. The molecule has 2 amide bonds. The van der Waals surface area contributed by atoms with Crippen LogP contribution < -0.4 is 15.4 Å². The molecule has 0 unspecified atom stereocenters. The Balaban J connectivity index is 1.73. The largest absolute Gasteiger partial charge is 0.482 e. The second-order valence-corrected chi connectivity index (χ2v) is 9.73. The molecule has 28 heavy (non-hydrogen) atoms. The molecule has 0 aromatic heterocycles. The first-order valence-corrected chi connectivity index (χ1v) is 11.0. The molecule has 2 aliphatic rings. The monoisotopic (exact) mass is 429 g/mol. The van der Waals surface area contributed by atoms with Crippen molar-refractivity contribution in [1.82, 2.24) is 9.62 Å². The maximum Gasteiger partial charge on any atom is 0.262 e. The molecule has 1 heterocycles. The van der Waals surface area contributed by atoms with Gasteiger partial charge in [0.1, 0.15) is 10.6 Å². The number of amides is 2. The molecule has 1 aliphatic heterocycles. The highest BCUT2D eigenvalue weighted by molar-refractivity contribution is 7.89. The number of sulfonamides is 1. The van der Waals surface area contributed by atoms with Gasteiger partial charge in [0, 0.05) is 19.2 Å². The topological polar surface area (TPSA) is 105 Å². The number of benzene rings is 1. The van der Waals surface area contributed by atoms with Crippen LogP contribution in [0.4, 0.5) is 5.69 Å². The molecule has 2 atom stereocenters. The zero-order valence-corrected chi connectivity index (χ0v) is 17.4. The summed E-state index contributed by atoms with van der Waals surface area (Å²) in [5, 5.41) is 5.45. The Morgan fingerprint density at radius 3 is 2.79 bits per heavy atom. The molecule has 1 aromatic carbocycles. The summed E-state index contributed by atoms with van der Waals surface area (Å²) in [6, 6.07) is 2.67. The van der Waals surface area contributed by atoms with E-state index in [9.17, 15) is 18.0 Å². The van der Waals surface area contributed by atoms with Crippen LogP contribution in [0.25, 0.3) is 0 Å². The average molecular weight is 430 g/mol. The number of rotatable bonds is 5. The van der Waals surface area contributed by atoms with Crippen molar-refractivity contribution >= 4 is 39.1 Å². The number of ether oxygens (including phenoxy) is 1. The maximum absolute atomic E-state index is 12.9. The van der Waals surface area contributed by atoms with Crippen molar-refractivity contribution in [3.63, 3.8) is 0 Å². The van der Waals surface area contributed by atoms with Gasteiger partial charge >= 0.3 is 0 Å². The highest BCUT2D eigenvalue weighted by atomic mass is 35.5. The van der Waals surface area contributed by atoms with E-state index in [-0.39, 0.29) is 46.7 Å². The van der Waals surface area contributed by atoms with Crippen LogP contribution in [0.15, 0.2) is 17.0 Å². The molecule has 1 aliphatic carbocycles. The summed E-state index contributed by atoms with van der Waals surface area (Å²) in [4.78, 5) is 23.6. The molecule has 1 aromatic rings. The van der Waals surface area contributed by atoms with Crippen molar-refractivity contribution in [3.05, 3.63) is 17.2 Å². The van der Waals surface area contributed by atoms with E-state index in [0.29, 0.717) is 11.6 Å². The van der Waals surface area contributed by atoms with E-state index in [1.54, 1.807) is 0 Å². The Hall–Kier alpha value is -1.84. The zero-order valence-electron chi connectivity index (χ0n) is 15.8. The van der Waals surface area contributed by atoms with Gasteiger partial charge in [0.05, 0.1) is 17.3 Å². The first-order chi connectivity index (χ1) is 13.2. The van der Waals surface area contributed by atoms with E-state index in [2.05, 4.69) is 17.6 Å². The number of fused-ring (bicyclic) bond motifs is 1. The minimum Gasteiger partial charge on any atom is -0.482 e. The van der Waals surface area contributed by atoms with Crippen LogP contribution in [0.2, 0.25) is 5.02 Å². The Bertz CT molecular complexity index is 889. The lowest BCUT2D eigenvalue weighted by atomic mass is 9.86. The average Bonchev–Trinajstić information content (AvgIpc) is 2.62. The van der Waals surface area contributed by atoms with Gasteiger partial charge in [-0.05, 0) is 24.8 Å². The molecule has 0 radical (unpaired) electrons. The molecular formula is C18H24ClN3O5S.